The van der Waals surface area contributed by atoms with Gasteiger partial charge in [0.1, 0.15) is 5.52 Å². The van der Waals surface area contributed by atoms with Crippen LogP contribution in [0.1, 0.15) is 0 Å². The number of aliphatic hydroxyl groups is 1. The van der Waals surface area contributed by atoms with Crippen LogP contribution in [0, 0.1) is 0 Å². The molecule has 0 aliphatic rings. The third-order valence-electron chi connectivity index (χ3n) is 2.70. The predicted octanol–water partition coefficient (Wildman–Crippen LogP) is -0.162. The summed E-state index contributed by atoms with van der Waals surface area (Å²) in [6.45, 7) is 0.683. The molecule has 0 saturated heterocycles. The second kappa shape index (κ2) is 5.81. The molecule has 0 amide bonds. The van der Waals surface area contributed by atoms with E-state index in [1.165, 1.54) is 0 Å². The number of fused-ring (bicyclic) bond motifs is 1. The van der Waals surface area contributed by atoms with Crippen LogP contribution in [0.3, 0.4) is 0 Å². The van der Waals surface area contributed by atoms with Gasteiger partial charge in [0.25, 0.3) is 0 Å². The van der Waals surface area contributed by atoms with Crippen molar-refractivity contribution in [2.75, 3.05) is 44.6 Å². The maximum Gasteiger partial charge on any atom is 0.226 e. The van der Waals surface area contributed by atoms with Crippen molar-refractivity contribution in [1.29, 1.82) is 0 Å². The Morgan fingerprint density at radius 2 is 2.32 bits per heavy atom. The maximum absolute atomic E-state index is 9.78. The number of anilines is 2. The zero-order valence-corrected chi connectivity index (χ0v) is 11.2. The molecule has 19 heavy (non-hydrogen) atoms. The molecule has 0 aromatic carbocycles. The first kappa shape index (κ1) is 13.5. The first-order valence-corrected chi connectivity index (χ1v) is 5.92. The molecule has 0 spiro atoms. The van der Waals surface area contributed by atoms with E-state index in [0.717, 1.165) is 5.52 Å². The summed E-state index contributed by atoms with van der Waals surface area (Å²) in [6.07, 6.45) is 0.989. The van der Waals surface area contributed by atoms with Crippen LogP contribution in [0.2, 0.25) is 0 Å². The molecule has 0 radical (unpaired) electrons. The summed E-state index contributed by atoms with van der Waals surface area (Å²) in [4.78, 5) is 17.6. The fourth-order valence-electron chi connectivity index (χ4n) is 1.85. The minimum Gasteiger partial charge on any atom is -0.389 e. The van der Waals surface area contributed by atoms with Gasteiger partial charge in [-0.2, -0.15) is 9.97 Å². The van der Waals surface area contributed by atoms with Crippen molar-refractivity contribution in [3.05, 3.63) is 6.33 Å². The molecule has 0 fully saturated rings. The summed E-state index contributed by atoms with van der Waals surface area (Å²) in [5, 5.41) is 12.7. The van der Waals surface area contributed by atoms with E-state index in [0.29, 0.717) is 24.0 Å². The average molecular weight is 266 g/mol. The molecule has 0 aliphatic carbocycles. The van der Waals surface area contributed by atoms with E-state index in [4.69, 9.17) is 4.74 Å². The molecular weight excluding hydrogens is 248 g/mol. The lowest BCUT2D eigenvalue weighted by atomic mass is 10.3. The lowest BCUT2D eigenvalue weighted by Crippen LogP contribution is -2.32. The molecule has 8 heteroatoms. The summed E-state index contributed by atoms with van der Waals surface area (Å²) in [5.74, 6) is 1.17. The van der Waals surface area contributed by atoms with Gasteiger partial charge in [-0.25, -0.2) is 4.98 Å². The number of ether oxygens (including phenoxy) is 1. The van der Waals surface area contributed by atoms with Gasteiger partial charge >= 0.3 is 0 Å². The molecule has 2 aromatic heterocycles. The lowest BCUT2D eigenvalue weighted by Gasteiger charge is -2.22. The SMILES string of the molecule is CNc1nc(N(C)CC(O)COC)c2[nH]cnc2n1. The molecule has 3 N–H and O–H groups in total. The standard InChI is InChI=1S/C11H18N6O2/c1-12-11-15-9-8(13-6-14-9)10(16-11)17(2)4-7(18)5-19-3/h6-7,18H,4-5H2,1-3H3,(H2,12,13,14,15,16). The van der Waals surface area contributed by atoms with Crippen molar-refractivity contribution in [1.82, 2.24) is 19.9 Å². The minimum absolute atomic E-state index is 0.278. The molecule has 1 atom stereocenters. The first-order valence-electron chi connectivity index (χ1n) is 5.92. The van der Waals surface area contributed by atoms with Gasteiger partial charge in [0.2, 0.25) is 5.95 Å². The number of hydrogen-bond acceptors (Lipinski definition) is 7. The van der Waals surface area contributed by atoms with Crippen LogP contribution in [-0.2, 0) is 4.74 Å². The zero-order valence-electron chi connectivity index (χ0n) is 11.2. The van der Waals surface area contributed by atoms with Crippen molar-refractivity contribution in [2.24, 2.45) is 0 Å². The number of aromatic amines is 1. The number of imidazole rings is 1. The topological polar surface area (TPSA) is 99.2 Å². The normalized spacial score (nSPS) is 12.6. The monoisotopic (exact) mass is 266 g/mol. The smallest absolute Gasteiger partial charge is 0.226 e. The van der Waals surface area contributed by atoms with Gasteiger partial charge in [-0.1, -0.05) is 0 Å². The number of rotatable bonds is 6. The number of nitrogens with one attached hydrogen (secondary N) is 2. The fourth-order valence-corrected chi connectivity index (χ4v) is 1.85. The van der Waals surface area contributed by atoms with Gasteiger partial charge in [-0.3, -0.25) is 0 Å². The van der Waals surface area contributed by atoms with E-state index in [9.17, 15) is 5.11 Å². The molecular formula is C11H18N6O2. The summed E-state index contributed by atoms with van der Waals surface area (Å²) in [6, 6.07) is 0. The van der Waals surface area contributed by atoms with Crippen LogP contribution in [0.4, 0.5) is 11.8 Å². The highest BCUT2D eigenvalue weighted by Crippen LogP contribution is 2.21. The molecule has 2 heterocycles. The van der Waals surface area contributed by atoms with E-state index in [1.807, 2.05) is 11.9 Å². The third kappa shape index (κ3) is 2.91. The quantitative estimate of drug-likeness (QED) is 0.668. The number of aliphatic hydroxyl groups excluding tert-OH is 1. The molecule has 2 aromatic rings. The number of hydrogen-bond donors (Lipinski definition) is 3. The Labute approximate surface area is 110 Å². The predicted molar refractivity (Wildman–Crippen MR) is 72.4 cm³/mol. The molecule has 0 aliphatic heterocycles. The first-order chi connectivity index (χ1) is 9.15. The van der Waals surface area contributed by atoms with Crippen LogP contribution in [-0.4, -0.2) is 65.5 Å². The average Bonchev–Trinajstić information content (AvgIpc) is 2.85. The Balaban J connectivity index is 2.29. The minimum atomic E-state index is -0.582. The van der Waals surface area contributed by atoms with Crippen LogP contribution in [0.15, 0.2) is 6.33 Å². The van der Waals surface area contributed by atoms with Crippen molar-refractivity contribution in [2.45, 2.75) is 6.10 Å². The molecule has 0 bridgehead atoms. The van der Waals surface area contributed by atoms with Crippen LogP contribution in [0.5, 0.6) is 0 Å². The summed E-state index contributed by atoms with van der Waals surface area (Å²) < 4.78 is 4.92. The van der Waals surface area contributed by atoms with Crippen molar-refractivity contribution in [3.8, 4) is 0 Å². The zero-order chi connectivity index (χ0) is 13.8. The number of likely N-dealkylation sites (N-methyl/N-ethyl adjacent to an activating group) is 1. The van der Waals surface area contributed by atoms with E-state index in [2.05, 4.69) is 25.3 Å². The van der Waals surface area contributed by atoms with Gasteiger partial charge in [-0.05, 0) is 0 Å². The van der Waals surface area contributed by atoms with Crippen LogP contribution >= 0.6 is 0 Å². The Morgan fingerprint density at radius 3 is 3.00 bits per heavy atom. The van der Waals surface area contributed by atoms with Crippen molar-refractivity contribution in [3.63, 3.8) is 0 Å². The molecule has 0 saturated carbocycles. The Kier molecular flexibility index (Phi) is 4.13. The third-order valence-corrected chi connectivity index (χ3v) is 2.70. The number of methoxy groups -OCH3 is 1. The molecule has 8 nitrogen and oxygen atoms in total. The molecule has 104 valence electrons. The van der Waals surface area contributed by atoms with E-state index < -0.39 is 6.10 Å². The summed E-state index contributed by atoms with van der Waals surface area (Å²) in [5.41, 5.74) is 1.33. The summed E-state index contributed by atoms with van der Waals surface area (Å²) >= 11 is 0. The van der Waals surface area contributed by atoms with Crippen molar-refractivity contribution < 1.29 is 9.84 Å². The van der Waals surface area contributed by atoms with Gasteiger partial charge in [-0.15, -0.1) is 0 Å². The van der Waals surface area contributed by atoms with Gasteiger partial charge in [0.15, 0.2) is 11.5 Å². The summed E-state index contributed by atoms with van der Waals surface area (Å²) in [7, 11) is 5.15. The van der Waals surface area contributed by atoms with Gasteiger partial charge < -0.3 is 25.0 Å². The number of nitrogens with zero attached hydrogens (tertiary/aromatic N) is 4. The highest BCUT2D eigenvalue weighted by Gasteiger charge is 2.15. The Morgan fingerprint density at radius 1 is 1.53 bits per heavy atom. The second-order valence-electron chi connectivity index (χ2n) is 4.21. The second-order valence-corrected chi connectivity index (χ2v) is 4.21. The van der Waals surface area contributed by atoms with Gasteiger partial charge in [0, 0.05) is 27.7 Å². The lowest BCUT2D eigenvalue weighted by molar-refractivity contribution is 0.0694. The number of H-pyrrole nitrogens is 1. The van der Waals surface area contributed by atoms with Crippen LogP contribution in [0.25, 0.3) is 11.2 Å². The van der Waals surface area contributed by atoms with Gasteiger partial charge in [0.05, 0.1) is 19.0 Å². The van der Waals surface area contributed by atoms with E-state index in [1.54, 1.807) is 20.5 Å². The fraction of sp³-hybridized carbons (Fsp3) is 0.545. The molecule has 2 rings (SSSR count). The maximum atomic E-state index is 9.78. The Bertz CT molecular complexity index is 543. The van der Waals surface area contributed by atoms with E-state index >= 15 is 0 Å². The highest BCUT2D eigenvalue weighted by atomic mass is 16.5. The van der Waals surface area contributed by atoms with Crippen LogP contribution < -0.4 is 10.2 Å². The van der Waals surface area contributed by atoms with Crippen molar-refractivity contribution >= 4 is 22.9 Å². The largest absolute Gasteiger partial charge is 0.389 e. The number of aromatic nitrogens is 4. The molecule has 1 unspecified atom stereocenters. The highest BCUT2D eigenvalue weighted by molar-refractivity contribution is 5.84. The Hall–Kier alpha value is -1.93. The van der Waals surface area contributed by atoms with E-state index in [-0.39, 0.29) is 6.61 Å².